The van der Waals surface area contributed by atoms with E-state index in [1.54, 1.807) is 7.11 Å². The van der Waals surface area contributed by atoms with E-state index in [0.29, 0.717) is 0 Å². The first-order valence-corrected chi connectivity index (χ1v) is 7.37. The number of rotatable bonds is 10. The summed E-state index contributed by atoms with van der Waals surface area (Å²) in [5.74, 6) is 5.70. The number of hydrogen-bond donors (Lipinski definition) is 2. The van der Waals surface area contributed by atoms with Crippen LogP contribution in [0.15, 0.2) is 30.3 Å². The molecule has 0 saturated heterocycles. The van der Waals surface area contributed by atoms with Gasteiger partial charge in [-0.3, -0.25) is 11.3 Å². The molecule has 1 aromatic carbocycles. The first kappa shape index (κ1) is 16.2. The molecule has 0 aliphatic carbocycles. The third-order valence-electron chi connectivity index (χ3n) is 3.58. The van der Waals surface area contributed by atoms with Crippen molar-refractivity contribution in [2.45, 2.75) is 57.6 Å². The summed E-state index contributed by atoms with van der Waals surface area (Å²) < 4.78 is 5.63. The molecule has 2 atom stereocenters. The van der Waals surface area contributed by atoms with Crippen LogP contribution in [0.1, 0.15) is 57.1 Å². The lowest BCUT2D eigenvalue weighted by molar-refractivity contribution is 0.0640. The summed E-state index contributed by atoms with van der Waals surface area (Å²) in [4.78, 5) is 0. The Hall–Kier alpha value is -0.900. The molecule has 0 aromatic heterocycles. The summed E-state index contributed by atoms with van der Waals surface area (Å²) in [5.41, 5.74) is 4.10. The summed E-state index contributed by atoms with van der Waals surface area (Å²) in [7, 11) is 1.75. The highest BCUT2D eigenvalue weighted by Gasteiger charge is 2.21. The summed E-state index contributed by atoms with van der Waals surface area (Å²) in [5, 5.41) is 0. The Labute approximate surface area is 117 Å². The molecule has 3 N–H and O–H groups in total. The van der Waals surface area contributed by atoms with Gasteiger partial charge in [0.1, 0.15) is 0 Å². The lowest BCUT2D eigenvalue weighted by Gasteiger charge is -2.25. The Kier molecular flexibility index (Phi) is 8.47. The van der Waals surface area contributed by atoms with Gasteiger partial charge in [-0.25, -0.2) is 0 Å². The Morgan fingerprint density at radius 3 is 2.37 bits per heavy atom. The average Bonchev–Trinajstić information content (AvgIpc) is 2.47. The fraction of sp³-hybridized carbons (Fsp3) is 0.625. The predicted octanol–water partition coefficient (Wildman–Crippen LogP) is 3.57. The Morgan fingerprint density at radius 1 is 1.11 bits per heavy atom. The molecule has 0 amide bonds. The topological polar surface area (TPSA) is 47.3 Å². The quantitative estimate of drug-likeness (QED) is 0.386. The van der Waals surface area contributed by atoms with Gasteiger partial charge in [0.15, 0.2) is 0 Å². The van der Waals surface area contributed by atoms with Gasteiger partial charge in [0.2, 0.25) is 0 Å². The lowest BCUT2D eigenvalue weighted by Crippen LogP contribution is -2.40. The number of hydrazine groups is 1. The second kappa shape index (κ2) is 9.96. The molecule has 1 aromatic rings. The highest BCUT2D eigenvalue weighted by molar-refractivity contribution is 5.19. The molecule has 3 nitrogen and oxygen atoms in total. The van der Waals surface area contributed by atoms with Crippen LogP contribution < -0.4 is 11.3 Å². The number of nitrogens with one attached hydrogen (secondary N) is 1. The van der Waals surface area contributed by atoms with Gasteiger partial charge in [0, 0.05) is 7.11 Å². The van der Waals surface area contributed by atoms with E-state index < -0.39 is 0 Å². The van der Waals surface area contributed by atoms with Crippen molar-refractivity contribution in [3.8, 4) is 0 Å². The van der Waals surface area contributed by atoms with Crippen molar-refractivity contribution < 1.29 is 4.74 Å². The molecule has 0 radical (unpaired) electrons. The maximum absolute atomic E-state index is 5.70. The van der Waals surface area contributed by atoms with Gasteiger partial charge < -0.3 is 4.74 Å². The van der Waals surface area contributed by atoms with E-state index >= 15 is 0 Å². The third-order valence-corrected chi connectivity index (χ3v) is 3.58. The van der Waals surface area contributed by atoms with Crippen molar-refractivity contribution in [2.24, 2.45) is 5.84 Å². The highest BCUT2D eigenvalue weighted by Crippen LogP contribution is 2.23. The number of unbranched alkanes of at least 4 members (excludes halogenated alkanes) is 4. The Bertz CT molecular complexity index is 316. The van der Waals surface area contributed by atoms with Gasteiger partial charge in [-0.2, -0.15) is 0 Å². The van der Waals surface area contributed by atoms with Crippen LogP contribution in [-0.4, -0.2) is 13.2 Å². The number of methoxy groups -OCH3 is 1. The maximum Gasteiger partial charge on any atom is 0.0987 e. The van der Waals surface area contributed by atoms with Crippen LogP contribution in [0.25, 0.3) is 0 Å². The van der Waals surface area contributed by atoms with Gasteiger partial charge in [-0.15, -0.1) is 0 Å². The molecular formula is C16H28N2O. The molecule has 0 aliphatic rings. The molecule has 3 heteroatoms. The van der Waals surface area contributed by atoms with Crippen molar-refractivity contribution >= 4 is 0 Å². The summed E-state index contributed by atoms with van der Waals surface area (Å²) in [6.45, 7) is 2.24. The average molecular weight is 264 g/mol. The monoisotopic (exact) mass is 264 g/mol. The zero-order valence-corrected chi connectivity index (χ0v) is 12.3. The van der Waals surface area contributed by atoms with E-state index in [2.05, 4.69) is 24.5 Å². The van der Waals surface area contributed by atoms with Crippen molar-refractivity contribution in [3.05, 3.63) is 35.9 Å². The SMILES string of the molecule is CCCCCCCC(NN)C(OC)c1ccccc1. The molecule has 0 fully saturated rings. The summed E-state index contributed by atoms with van der Waals surface area (Å²) in [6, 6.07) is 10.5. The molecule has 19 heavy (non-hydrogen) atoms. The molecular weight excluding hydrogens is 236 g/mol. The normalized spacial score (nSPS) is 14.3. The Balaban J connectivity index is 2.47. The van der Waals surface area contributed by atoms with Gasteiger partial charge in [-0.1, -0.05) is 69.4 Å². The van der Waals surface area contributed by atoms with Crippen molar-refractivity contribution in [3.63, 3.8) is 0 Å². The number of nitrogens with two attached hydrogens (primary N) is 1. The molecule has 0 spiro atoms. The number of ether oxygens (including phenoxy) is 1. The van der Waals surface area contributed by atoms with E-state index in [4.69, 9.17) is 10.6 Å². The van der Waals surface area contributed by atoms with Crippen LogP contribution >= 0.6 is 0 Å². The largest absolute Gasteiger partial charge is 0.375 e. The van der Waals surface area contributed by atoms with E-state index in [1.165, 1.54) is 37.7 Å². The second-order valence-corrected chi connectivity index (χ2v) is 5.04. The van der Waals surface area contributed by atoms with E-state index in [-0.39, 0.29) is 12.1 Å². The minimum absolute atomic E-state index is 0.0253. The van der Waals surface area contributed by atoms with E-state index in [0.717, 1.165) is 6.42 Å². The molecule has 0 bridgehead atoms. The minimum atomic E-state index is 0.0253. The van der Waals surface area contributed by atoms with Crippen molar-refractivity contribution in [1.82, 2.24) is 5.43 Å². The van der Waals surface area contributed by atoms with Crippen LogP contribution in [0.3, 0.4) is 0 Å². The molecule has 0 saturated carbocycles. The fourth-order valence-electron chi connectivity index (χ4n) is 2.47. The van der Waals surface area contributed by atoms with E-state index in [9.17, 15) is 0 Å². The van der Waals surface area contributed by atoms with Crippen LogP contribution in [0.4, 0.5) is 0 Å². The molecule has 0 aliphatic heterocycles. The van der Waals surface area contributed by atoms with Crippen LogP contribution in [0.2, 0.25) is 0 Å². The molecule has 108 valence electrons. The summed E-state index contributed by atoms with van der Waals surface area (Å²) in [6.07, 6.45) is 7.47. The lowest BCUT2D eigenvalue weighted by atomic mass is 9.97. The van der Waals surface area contributed by atoms with Crippen molar-refractivity contribution in [1.29, 1.82) is 0 Å². The molecule has 2 unspecified atom stereocenters. The predicted molar refractivity (Wildman–Crippen MR) is 80.7 cm³/mol. The summed E-state index contributed by atoms with van der Waals surface area (Å²) >= 11 is 0. The standard InChI is InChI=1S/C16H28N2O/c1-3-4-5-6-10-13-15(18-17)16(19-2)14-11-8-7-9-12-14/h7-9,11-12,15-16,18H,3-6,10,13,17H2,1-2H3. The van der Waals surface area contributed by atoms with Crippen LogP contribution in [0, 0.1) is 0 Å². The first-order chi connectivity index (χ1) is 9.33. The van der Waals surface area contributed by atoms with E-state index in [1.807, 2.05) is 18.2 Å². The van der Waals surface area contributed by atoms with Crippen LogP contribution in [0.5, 0.6) is 0 Å². The van der Waals surface area contributed by atoms with Crippen LogP contribution in [-0.2, 0) is 4.74 Å². The smallest absolute Gasteiger partial charge is 0.0987 e. The van der Waals surface area contributed by atoms with Gasteiger partial charge in [0.25, 0.3) is 0 Å². The minimum Gasteiger partial charge on any atom is -0.375 e. The number of hydrogen-bond acceptors (Lipinski definition) is 3. The number of benzene rings is 1. The van der Waals surface area contributed by atoms with Gasteiger partial charge in [0.05, 0.1) is 12.1 Å². The fourth-order valence-corrected chi connectivity index (χ4v) is 2.47. The van der Waals surface area contributed by atoms with Gasteiger partial charge in [-0.05, 0) is 12.0 Å². The highest BCUT2D eigenvalue weighted by atomic mass is 16.5. The molecule has 1 rings (SSSR count). The van der Waals surface area contributed by atoms with Crippen molar-refractivity contribution in [2.75, 3.05) is 7.11 Å². The van der Waals surface area contributed by atoms with Gasteiger partial charge >= 0.3 is 0 Å². The third kappa shape index (κ3) is 5.72. The molecule has 0 heterocycles. The maximum atomic E-state index is 5.70. The zero-order chi connectivity index (χ0) is 13.9. The zero-order valence-electron chi connectivity index (χ0n) is 12.3. The second-order valence-electron chi connectivity index (χ2n) is 5.04. The first-order valence-electron chi connectivity index (χ1n) is 7.37. The Morgan fingerprint density at radius 2 is 1.79 bits per heavy atom.